The Morgan fingerprint density at radius 1 is 1.26 bits per heavy atom. The van der Waals surface area contributed by atoms with Gasteiger partial charge in [0.2, 0.25) is 0 Å². The number of oxazole rings is 1. The van der Waals surface area contributed by atoms with E-state index in [1.54, 1.807) is 11.3 Å². The highest BCUT2D eigenvalue weighted by molar-refractivity contribution is 9.13. The molecule has 2 nitrogen and oxygen atoms in total. The third-order valence-corrected chi connectivity index (χ3v) is 7.15. The Morgan fingerprint density at radius 2 is 2.05 bits per heavy atom. The molecule has 0 aliphatic carbocycles. The van der Waals surface area contributed by atoms with Crippen LogP contribution in [0.4, 0.5) is 0 Å². The minimum Gasteiger partial charge on any atom is -0.441 e. The van der Waals surface area contributed by atoms with Crippen molar-refractivity contribution < 1.29 is 4.42 Å². The Labute approximate surface area is 139 Å². The van der Waals surface area contributed by atoms with Gasteiger partial charge in [-0.05, 0) is 50.1 Å². The van der Waals surface area contributed by atoms with Crippen molar-refractivity contribution in [2.24, 2.45) is 0 Å². The van der Waals surface area contributed by atoms with Gasteiger partial charge in [0.25, 0.3) is 0 Å². The first kappa shape index (κ1) is 13.8. The van der Waals surface area contributed by atoms with Crippen molar-refractivity contribution in [2.45, 2.75) is 11.2 Å². The van der Waals surface area contributed by atoms with E-state index in [2.05, 4.69) is 58.8 Å². The summed E-state index contributed by atoms with van der Waals surface area (Å²) in [4.78, 5) is 5.93. The SMILES string of the molecule is Brc1cc(C(Br)Cc2nc3ccccc3o2)sc1Br. The van der Waals surface area contributed by atoms with Gasteiger partial charge in [0.05, 0.1) is 8.61 Å². The predicted molar refractivity (Wildman–Crippen MR) is 89.1 cm³/mol. The molecular formula is C13H8Br3NOS. The third-order valence-electron chi connectivity index (χ3n) is 2.66. The molecule has 6 heteroatoms. The molecule has 2 aromatic heterocycles. The van der Waals surface area contributed by atoms with Gasteiger partial charge in [-0.1, -0.05) is 28.1 Å². The lowest BCUT2D eigenvalue weighted by atomic mass is 10.2. The molecule has 0 spiro atoms. The van der Waals surface area contributed by atoms with Crippen molar-refractivity contribution in [1.29, 1.82) is 0 Å². The third kappa shape index (κ3) is 2.96. The number of aromatic nitrogens is 1. The summed E-state index contributed by atoms with van der Waals surface area (Å²) in [6.07, 6.45) is 0.730. The van der Waals surface area contributed by atoms with Gasteiger partial charge in [-0.25, -0.2) is 4.98 Å². The molecule has 0 saturated heterocycles. The topological polar surface area (TPSA) is 26.0 Å². The fourth-order valence-corrected chi connectivity index (χ4v) is 4.54. The molecule has 0 aliphatic rings. The lowest BCUT2D eigenvalue weighted by Crippen LogP contribution is -1.92. The van der Waals surface area contributed by atoms with Crippen molar-refractivity contribution in [2.75, 3.05) is 0 Å². The molecule has 0 radical (unpaired) electrons. The van der Waals surface area contributed by atoms with Crippen LogP contribution in [0.5, 0.6) is 0 Å². The molecule has 0 N–H and O–H groups in total. The van der Waals surface area contributed by atoms with Crippen LogP contribution in [0.2, 0.25) is 0 Å². The number of alkyl halides is 1. The van der Waals surface area contributed by atoms with Crippen LogP contribution in [-0.4, -0.2) is 4.98 Å². The number of hydrogen-bond acceptors (Lipinski definition) is 3. The molecular weight excluding hydrogens is 458 g/mol. The first-order chi connectivity index (χ1) is 9.13. The van der Waals surface area contributed by atoms with Crippen molar-refractivity contribution >= 4 is 70.2 Å². The molecule has 0 amide bonds. The van der Waals surface area contributed by atoms with Crippen LogP contribution in [0.3, 0.4) is 0 Å². The highest BCUT2D eigenvalue weighted by Crippen LogP contribution is 2.39. The number of fused-ring (bicyclic) bond motifs is 1. The second kappa shape index (κ2) is 5.68. The van der Waals surface area contributed by atoms with E-state index in [1.807, 2.05) is 24.3 Å². The monoisotopic (exact) mass is 463 g/mol. The van der Waals surface area contributed by atoms with E-state index in [4.69, 9.17) is 4.42 Å². The molecule has 0 bridgehead atoms. The summed E-state index contributed by atoms with van der Waals surface area (Å²) in [6, 6.07) is 9.93. The molecule has 3 rings (SSSR count). The largest absolute Gasteiger partial charge is 0.441 e. The first-order valence-electron chi connectivity index (χ1n) is 5.57. The zero-order valence-corrected chi connectivity index (χ0v) is 15.1. The Kier molecular flexibility index (Phi) is 4.12. The lowest BCUT2D eigenvalue weighted by molar-refractivity contribution is 0.528. The van der Waals surface area contributed by atoms with Crippen LogP contribution in [0.15, 0.2) is 43.0 Å². The van der Waals surface area contributed by atoms with Crippen LogP contribution >= 0.6 is 59.1 Å². The van der Waals surface area contributed by atoms with Gasteiger partial charge in [0.15, 0.2) is 11.5 Å². The molecule has 19 heavy (non-hydrogen) atoms. The molecule has 98 valence electrons. The van der Waals surface area contributed by atoms with Gasteiger partial charge in [-0.15, -0.1) is 11.3 Å². The Morgan fingerprint density at radius 3 is 2.74 bits per heavy atom. The van der Waals surface area contributed by atoms with E-state index in [9.17, 15) is 0 Å². The maximum Gasteiger partial charge on any atom is 0.196 e. The summed E-state index contributed by atoms with van der Waals surface area (Å²) < 4.78 is 7.92. The first-order valence-corrected chi connectivity index (χ1v) is 8.88. The van der Waals surface area contributed by atoms with Gasteiger partial charge < -0.3 is 4.42 Å². The Bertz CT molecular complexity index is 669. The molecule has 1 unspecified atom stereocenters. The van der Waals surface area contributed by atoms with Crippen molar-refractivity contribution in [3.8, 4) is 0 Å². The van der Waals surface area contributed by atoms with Crippen molar-refractivity contribution in [3.05, 3.63) is 49.4 Å². The summed E-state index contributed by atoms with van der Waals surface area (Å²) in [5.41, 5.74) is 1.75. The Hall–Kier alpha value is -0.170. The summed E-state index contributed by atoms with van der Waals surface area (Å²) in [6.45, 7) is 0. The van der Waals surface area contributed by atoms with E-state index < -0.39 is 0 Å². The number of para-hydroxylation sites is 2. The van der Waals surface area contributed by atoms with Crippen molar-refractivity contribution in [3.63, 3.8) is 0 Å². The van der Waals surface area contributed by atoms with Gasteiger partial charge >= 0.3 is 0 Å². The molecule has 1 aromatic carbocycles. The number of halogens is 3. The van der Waals surface area contributed by atoms with Crippen LogP contribution in [-0.2, 0) is 6.42 Å². The van der Waals surface area contributed by atoms with E-state index in [0.29, 0.717) is 0 Å². The van der Waals surface area contributed by atoms with E-state index in [-0.39, 0.29) is 4.83 Å². The van der Waals surface area contributed by atoms with Crippen LogP contribution in [0.1, 0.15) is 15.6 Å². The quantitative estimate of drug-likeness (QED) is 0.437. The normalized spacial score (nSPS) is 13.0. The minimum absolute atomic E-state index is 0.202. The highest BCUT2D eigenvalue weighted by Gasteiger charge is 2.16. The smallest absolute Gasteiger partial charge is 0.196 e. The van der Waals surface area contributed by atoms with Crippen LogP contribution in [0, 0.1) is 0 Å². The minimum atomic E-state index is 0.202. The zero-order chi connectivity index (χ0) is 13.4. The van der Waals surface area contributed by atoms with E-state index in [1.165, 1.54) is 4.88 Å². The van der Waals surface area contributed by atoms with E-state index >= 15 is 0 Å². The molecule has 0 aliphatic heterocycles. The lowest BCUT2D eigenvalue weighted by Gasteiger charge is -2.03. The molecule has 3 aromatic rings. The average Bonchev–Trinajstić information content (AvgIpc) is 2.93. The van der Waals surface area contributed by atoms with Gasteiger partial charge in [0, 0.05) is 15.8 Å². The van der Waals surface area contributed by atoms with Crippen LogP contribution in [0.25, 0.3) is 11.1 Å². The van der Waals surface area contributed by atoms with Gasteiger partial charge in [0.1, 0.15) is 5.52 Å². The number of thiophene rings is 1. The Balaban J connectivity index is 1.84. The fraction of sp³-hybridized carbons (Fsp3) is 0.154. The van der Waals surface area contributed by atoms with Crippen LogP contribution < -0.4 is 0 Å². The summed E-state index contributed by atoms with van der Waals surface area (Å²) in [5, 5.41) is 0. The number of nitrogens with zero attached hydrogens (tertiary/aromatic N) is 1. The molecule has 0 saturated carbocycles. The maximum atomic E-state index is 5.74. The fourth-order valence-electron chi connectivity index (χ4n) is 1.78. The van der Waals surface area contributed by atoms with Crippen molar-refractivity contribution in [1.82, 2.24) is 4.98 Å². The molecule has 1 atom stereocenters. The average molecular weight is 466 g/mol. The molecule has 0 fully saturated rings. The number of hydrogen-bond donors (Lipinski definition) is 0. The molecule has 2 heterocycles. The van der Waals surface area contributed by atoms with Gasteiger partial charge in [-0.3, -0.25) is 0 Å². The van der Waals surface area contributed by atoms with Gasteiger partial charge in [-0.2, -0.15) is 0 Å². The number of benzene rings is 1. The summed E-state index contributed by atoms with van der Waals surface area (Å²) in [7, 11) is 0. The highest BCUT2D eigenvalue weighted by atomic mass is 79.9. The van der Waals surface area contributed by atoms with E-state index in [0.717, 1.165) is 31.7 Å². The standard InChI is InChI=1S/C13H8Br3NOS/c14-7(11-5-8(15)13(16)19-11)6-12-17-9-3-1-2-4-10(9)18-12/h1-5,7H,6H2. The predicted octanol–water partition coefficient (Wildman–Crippen LogP) is 6.09. The summed E-state index contributed by atoms with van der Waals surface area (Å²) >= 11 is 12.4. The second-order valence-electron chi connectivity index (χ2n) is 4.02. The number of rotatable bonds is 3. The second-order valence-corrected chi connectivity index (χ2v) is 8.38. The zero-order valence-electron chi connectivity index (χ0n) is 9.57. The maximum absolute atomic E-state index is 5.74. The summed E-state index contributed by atoms with van der Waals surface area (Å²) in [5.74, 6) is 0.753.